The molecule has 1 unspecified atom stereocenters. The number of hydrogen-bond donors (Lipinski definition) is 1. The molecule has 1 N–H and O–H groups in total. The summed E-state index contributed by atoms with van der Waals surface area (Å²) < 4.78 is 5.19. The Kier molecular flexibility index (Phi) is 4.00. The first-order valence-corrected chi connectivity index (χ1v) is 6.17. The van der Waals surface area contributed by atoms with E-state index in [1.165, 1.54) is 16.7 Å². The van der Waals surface area contributed by atoms with Crippen molar-refractivity contribution < 1.29 is 4.74 Å². The molecule has 0 radical (unpaired) electrons. The Morgan fingerprint density at radius 2 is 1.67 bits per heavy atom. The SMILES string of the molecule is CNC(C)c1ccccc1-c1ccc(OC)cc1. The average Bonchev–Trinajstić information content (AvgIpc) is 2.46. The Bertz CT molecular complexity index is 505. The quantitative estimate of drug-likeness (QED) is 0.882. The van der Waals surface area contributed by atoms with Crippen LogP contribution in [0, 0.1) is 0 Å². The van der Waals surface area contributed by atoms with Gasteiger partial charge in [0, 0.05) is 6.04 Å². The molecular formula is C16H19NO. The second-order valence-electron chi connectivity index (χ2n) is 4.33. The van der Waals surface area contributed by atoms with E-state index in [-0.39, 0.29) is 0 Å². The van der Waals surface area contributed by atoms with Crippen LogP contribution in [0.2, 0.25) is 0 Å². The van der Waals surface area contributed by atoms with Crippen LogP contribution in [0.25, 0.3) is 11.1 Å². The highest BCUT2D eigenvalue weighted by Crippen LogP contribution is 2.29. The summed E-state index contributed by atoms with van der Waals surface area (Å²) in [6.45, 7) is 2.17. The van der Waals surface area contributed by atoms with Gasteiger partial charge in [-0.1, -0.05) is 36.4 Å². The van der Waals surface area contributed by atoms with Gasteiger partial charge in [-0.15, -0.1) is 0 Å². The summed E-state index contributed by atoms with van der Waals surface area (Å²) in [5.41, 5.74) is 3.79. The highest BCUT2D eigenvalue weighted by molar-refractivity contribution is 5.68. The summed E-state index contributed by atoms with van der Waals surface area (Å²) in [4.78, 5) is 0. The topological polar surface area (TPSA) is 21.3 Å². The number of methoxy groups -OCH3 is 1. The lowest BCUT2D eigenvalue weighted by Crippen LogP contribution is -2.13. The smallest absolute Gasteiger partial charge is 0.118 e. The van der Waals surface area contributed by atoms with E-state index < -0.39 is 0 Å². The zero-order valence-electron chi connectivity index (χ0n) is 11.1. The monoisotopic (exact) mass is 241 g/mol. The molecule has 1 atom stereocenters. The van der Waals surface area contributed by atoms with E-state index in [0.717, 1.165) is 5.75 Å². The molecule has 94 valence electrons. The fourth-order valence-corrected chi connectivity index (χ4v) is 2.06. The van der Waals surface area contributed by atoms with Crippen molar-refractivity contribution in [1.29, 1.82) is 0 Å². The lowest BCUT2D eigenvalue weighted by atomic mass is 9.95. The molecule has 0 aliphatic heterocycles. The molecule has 2 aromatic carbocycles. The van der Waals surface area contributed by atoms with Gasteiger partial charge < -0.3 is 10.1 Å². The Morgan fingerprint density at radius 1 is 1.00 bits per heavy atom. The van der Waals surface area contributed by atoms with Gasteiger partial charge in [0.1, 0.15) is 5.75 Å². The van der Waals surface area contributed by atoms with Crippen LogP contribution in [0.3, 0.4) is 0 Å². The van der Waals surface area contributed by atoms with Crippen molar-refractivity contribution in [3.05, 3.63) is 54.1 Å². The summed E-state index contributed by atoms with van der Waals surface area (Å²) in [6.07, 6.45) is 0. The molecule has 2 nitrogen and oxygen atoms in total. The molecule has 2 aromatic rings. The predicted molar refractivity (Wildman–Crippen MR) is 75.9 cm³/mol. The maximum Gasteiger partial charge on any atom is 0.118 e. The van der Waals surface area contributed by atoms with Crippen LogP contribution in [0.15, 0.2) is 48.5 Å². The van der Waals surface area contributed by atoms with Crippen LogP contribution in [-0.2, 0) is 0 Å². The number of hydrogen-bond acceptors (Lipinski definition) is 2. The van der Waals surface area contributed by atoms with Gasteiger partial charge >= 0.3 is 0 Å². The van der Waals surface area contributed by atoms with Gasteiger partial charge in [0.25, 0.3) is 0 Å². The van der Waals surface area contributed by atoms with Crippen LogP contribution in [-0.4, -0.2) is 14.2 Å². The first kappa shape index (κ1) is 12.7. The molecule has 0 saturated carbocycles. The lowest BCUT2D eigenvalue weighted by molar-refractivity contribution is 0.415. The fraction of sp³-hybridized carbons (Fsp3) is 0.250. The van der Waals surface area contributed by atoms with Gasteiger partial charge in [-0.05, 0) is 42.8 Å². The van der Waals surface area contributed by atoms with Gasteiger partial charge in [0.15, 0.2) is 0 Å². The Balaban J connectivity index is 2.43. The van der Waals surface area contributed by atoms with Crippen molar-refractivity contribution >= 4 is 0 Å². The summed E-state index contributed by atoms with van der Waals surface area (Å²) in [7, 11) is 3.67. The van der Waals surface area contributed by atoms with Gasteiger partial charge in [0.2, 0.25) is 0 Å². The number of benzene rings is 2. The molecule has 0 heterocycles. The molecule has 18 heavy (non-hydrogen) atoms. The number of ether oxygens (including phenoxy) is 1. The predicted octanol–water partition coefficient (Wildman–Crippen LogP) is 3.64. The van der Waals surface area contributed by atoms with E-state index in [1.54, 1.807) is 7.11 Å². The van der Waals surface area contributed by atoms with Crippen LogP contribution in [0.5, 0.6) is 5.75 Å². The Hall–Kier alpha value is -1.80. The van der Waals surface area contributed by atoms with Crippen molar-refractivity contribution in [1.82, 2.24) is 5.32 Å². The van der Waals surface area contributed by atoms with Gasteiger partial charge in [-0.2, -0.15) is 0 Å². The molecular weight excluding hydrogens is 222 g/mol. The third kappa shape index (κ3) is 2.54. The first-order chi connectivity index (χ1) is 8.76. The molecule has 2 heteroatoms. The second kappa shape index (κ2) is 5.69. The van der Waals surface area contributed by atoms with Crippen LogP contribution in [0.4, 0.5) is 0 Å². The molecule has 0 aromatic heterocycles. The van der Waals surface area contributed by atoms with Crippen molar-refractivity contribution in [2.75, 3.05) is 14.2 Å². The van der Waals surface area contributed by atoms with Crippen molar-refractivity contribution in [3.8, 4) is 16.9 Å². The minimum atomic E-state index is 0.336. The zero-order chi connectivity index (χ0) is 13.0. The summed E-state index contributed by atoms with van der Waals surface area (Å²) in [5, 5.41) is 3.29. The van der Waals surface area contributed by atoms with Crippen molar-refractivity contribution in [3.63, 3.8) is 0 Å². The highest BCUT2D eigenvalue weighted by atomic mass is 16.5. The second-order valence-corrected chi connectivity index (χ2v) is 4.33. The molecule has 0 fully saturated rings. The molecule has 0 aliphatic carbocycles. The molecule has 0 bridgehead atoms. The van der Waals surface area contributed by atoms with Crippen LogP contribution < -0.4 is 10.1 Å². The van der Waals surface area contributed by atoms with Gasteiger partial charge in [-0.25, -0.2) is 0 Å². The van der Waals surface area contributed by atoms with E-state index >= 15 is 0 Å². The van der Waals surface area contributed by atoms with E-state index in [4.69, 9.17) is 4.74 Å². The largest absolute Gasteiger partial charge is 0.497 e. The summed E-state index contributed by atoms with van der Waals surface area (Å²) in [6, 6.07) is 17.0. The first-order valence-electron chi connectivity index (χ1n) is 6.17. The van der Waals surface area contributed by atoms with Gasteiger partial charge in [-0.3, -0.25) is 0 Å². The minimum Gasteiger partial charge on any atom is -0.497 e. The average molecular weight is 241 g/mol. The van der Waals surface area contributed by atoms with Crippen LogP contribution >= 0.6 is 0 Å². The lowest BCUT2D eigenvalue weighted by Gasteiger charge is -2.16. The standard InChI is InChI=1S/C16H19NO/c1-12(17-2)15-6-4-5-7-16(15)13-8-10-14(18-3)11-9-13/h4-12,17H,1-3H3. The molecule has 0 amide bonds. The van der Waals surface area contributed by atoms with E-state index in [1.807, 2.05) is 19.2 Å². The maximum absolute atomic E-state index is 5.19. The zero-order valence-corrected chi connectivity index (χ0v) is 11.1. The molecule has 2 rings (SSSR count). The number of rotatable bonds is 4. The number of nitrogens with one attached hydrogen (secondary N) is 1. The van der Waals surface area contributed by atoms with Crippen LogP contribution in [0.1, 0.15) is 18.5 Å². The molecule has 0 saturated heterocycles. The Labute approximate surface area is 109 Å². The van der Waals surface area contributed by atoms with Crippen molar-refractivity contribution in [2.45, 2.75) is 13.0 Å². The van der Waals surface area contributed by atoms with Gasteiger partial charge in [0.05, 0.1) is 7.11 Å². The van der Waals surface area contributed by atoms with E-state index in [0.29, 0.717) is 6.04 Å². The van der Waals surface area contributed by atoms with Crippen molar-refractivity contribution in [2.24, 2.45) is 0 Å². The molecule has 0 spiro atoms. The highest BCUT2D eigenvalue weighted by Gasteiger charge is 2.09. The normalized spacial score (nSPS) is 12.2. The van der Waals surface area contributed by atoms with E-state index in [9.17, 15) is 0 Å². The third-order valence-electron chi connectivity index (χ3n) is 3.26. The maximum atomic E-state index is 5.19. The third-order valence-corrected chi connectivity index (χ3v) is 3.26. The fourth-order valence-electron chi connectivity index (χ4n) is 2.06. The summed E-state index contributed by atoms with van der Waals surface area (Å²) in [5.74, 6) is 0.887. The minimum absolute atomic E-state index is 0.336. The van der Waals surface area contributed by atoms with E-state index in [2.05, 4.69) is 48.6 Å². The summed E-state index contributed by atoms with van der Waals surface area (Å²) >= 11 is 0. The molecule has 0 aliphatic rings. The Morgan fingerprint density at radius 3 is 2.28 bits per heavy atom.